The van der Waals surface area contributed by atoms with Gasteiger partial charge in [-0.05, 0) is 31.5 Å². The second-order valence-corrected chi connectivity index (χ2v) is 10.9. The summed E-state index contributed by atoms with van der Waals surface area (Å²) in [7, 11) is 1.61. The minimum absolute atomic E-state index is 0.0559. The molecule has 10 nitrogen and oxygen atoms in total. The zero-order valence-electron chi connectivity index (χ0n) is 20.4. The molecule has 1 aliphatic heterocycles. The summed E-state index contributed by atoms with van der Waals surface area (Å²) in [5.74, 6) is -0.736. The van der Waals surface area contributed by atoms with E-state index >= 15 is 4.39 Å². The van der Waals surface area contributed by atoms with Gasteiger partial charge < -0.3 is 25.0 Å². The fourth-order valence-electron chi connectivity index (χ4n) is 5.11. The van der Waals surface area contributed by atoms with E-state index in [2.05, 4.69) is 30.4 Å². The lowest BCUT2D eigenvalue weighted by molar-refractivity contribution is 0.184. The molecule has 1 fully saturated rings. The molecule has 0 spiro atoms. The molecule has 6 rings (SSSR count). The van der Waals surface area contributed by atoms with Crippen LogP contribution in [0.3, 0.4) is 0 Å². The highest BCUT2D eigenvalue weighted by Crippen LogP contribution is 2.66. The molecule has 4 heterocycles. The molecule has 2 aliphatic rings. The van der Waals surface area contributed by atoms with E-state index in [-0.39, 0.29) is 22.8 Å². The van der Waals surface area contributed by atoms with Crippen molar-refractivity contribution < 1.29 is 22.8 Å². The first-order valence-corrected chi connectivity index (χ1v) is 12.6. The average Bonchev–Trinajstić information content (AvgIpc) is 3.36. The van der Waals surface area contributed by atoms with Crippen molar-refractivity contribution in [3.8, 4) is 5.75 Å². The molecule has 0 unspecified atom stereocenters. The van der Waals surface area contributed by atoms with Gasteiger partial charge in [-0.3, -0.25) is 4.99 Å². The van der Waals surface area contributed by atoms with Crippen molar-refractivity contribution in [2.45, 2.75) is 30.2 Å². The molecule has 38 heavy (non-hydrogen) atoms. The molecule has 0 saturated heterocycles. The van der Waals surface area contributed by atoms with Crippen LogP contribution < -0.4 is 15.8 Å². The SMILES string of the molecule is COC[C@]12C[C@H]1[C@@](C)(c1cc(Nc3nccc4cc(OCc5ncon5)cnc34)cc(F)c1F)N=C(N)S2. The number of anilines is 2. The van der Waals surface area contributed by atoms with Crippen molar-refractivity contribution >= 4 is 39.3 Å². The normalized spacial score (nSPS) is 24.1. The fraction of sp³-hybridized carbons (Fsp3) is 0.320. The van der Waals surface area contributed by atoms with Crippen LogP contribution >= 0.6 is 11.8 Å². The molecule has 1 aliphatic carbocycles. The van der Waals surface area contributed by atoms with Gasteiger partial charge >= 0.3 is 0 Å². The molecular weight excluding hydrogens is 516 g/mol. The minimum Gasteiger partial charge on any atom is -0.484 e. The van der Waals surface area contributed by atoms with Crippen LogP contribution in [0.5, 0.6) is 5.75 Å². The molecule has 0 bridgehead atoms. The summed E-state index contributed by atoms with van der Waals surface area (Å²) in [6.45, 7) is 2.36. The van der Waals surface area contributed by atoms with Gasteiger partial charge in [0.25, 0.3) is 0 Å². The quantitative estimate of drug-likeness (QED) is 0.334. The number of nitrogens with two attached hydrogens (primary N) is 1. The highest BCUT2D eigenvalue weighted by atomic mass is 32.2. The van der Waals surface area contributed by atoms with Crippen LogP contribution in [0, 0.1) is 17.6 Å². The third-order valence-corrected chi connectivity index (χ3v) is 8.20. The Labute approximate surface area is 220 Å². The van der Waals surface area contributed by atoms with E-state index < -0.39 is 17.2 Å². The molecule has 4 aromatic rings. The lowest BCUT2D eigenvalue weighted by Crippen LogP contribution is -2.37. The number of benzene rings is 1. The topological polar surface area (TPSA) is 134 Å². The number of thioether (sulfide) groups is 1. The number of fused-ring (bicyclic) bond motifs is 2. The molecule has 3 N–H and O–H groups in total. The van der Waals surface area contributed by atoms with Gasteiger partial charge in [0.2, 0.25) is 12.2 Å². The molecular formula is C25H23F2N7O3S. The molecule has 3 aromatic heterocycles. The third kappa shape index (κ3) is 4.21. The monoisotopic (exact) mass is 539 g/mol. The Morgan fingerprint density at radius 1 is 1.24 bits per heavy atom. The number of ether oxygens (including phenoxy) is 2. The zero-order chi connectivity index (χ0) is 26.5. The second kappa shape index (κ2) is 9.17. The number of aromatic nitrogens is 4. The van der Waals surface area contributed by atoms with Gasteiger partial charge in [-0.1, -0.05) is 16.9 Å². The summed E-state index contributed by atoms with van der Waals surface area (Å²) in [5, 5.41) is 7.86. The molecule has 13 heteroatoms. The van der Waals surface area contributed by atoms with Crippen molar-refractivity contribution in [3.63, 3.8) is 0 Å². The Balaban J connectivity index is 1.31. The molecule has 196 valence electrons. The second-order valence-electron chi connectivity index (χ2n) is 9.44. The van der Waals surface area contributed by atoms with Gasteiger partial charge in [0, 0.05) is 41.9 Å². The molecule has 1 aromatic carbocycles. The first-order chi connectivity index (χ1) is 18.3. The minimum atomic E-state index is -1.05. The van der Waals surface area contributed by atoms with Gasteiger partial charge in [-0.15, -0.1) is 0 Å². The van der Waals surface area contributed by atoms with E-state index in [1.807, 2.05) is 0 Å². The van der Waals surface area contributed by atoms with Gasteiger partial charge in [0.1, 0.15) is 11.3 Å². The number of hydrogen-bond acceptors (Lipinski definition) is 11. The van der Waals surface area contributed by atoms with Crippen LogP contribution in [0.15, 0.2) is 52.6 Å². The van der Waals surface area contributed by atoms with Crippen LogP contribution in [0.2, 0.25) is 0 Å². The summed E-state index contributed by atoms with van der Waals surface area (Å²) < 4.78 is 45.6. The number of aliphatic imine (C=N–C) groups is 1. The standard InChI is InChI=1S/C25H23F2N7O3S/c1-24(18-8-25(18,11-35-2)38-23(28)33-24)16-6-14(7-17(26)20(16)27)32-22-21-13(3-4-29-22)5-15(9-30-21)36-10-19-31-12-37-34-19/h3-7,9,12,18H,8,10-11H2,1-2H3,(H2,28,33)(H,29,32)/t18-,24+,25+/m0/s1. The number of rotatable bonds is 8. The Morgan fingerprint density at radius 3 is 2.89 bits per heavy atom. The molecule has 0 radical (unpaired) electrons. The smallest absolute Gasteiger partial charge is 0.213 e. The Hall–Kier alpha value is -3.84. The first-order valence-electron chi connectivity index (χ1n) is 11.7. The largest absolute Gasteiger partial charge is 0.484 e. The number of amidine groups is 1. The third-order valence-electron chi connectivity index (χ3n) is 6.93. The van der Waals surface area contributed by atoms with E-state index in [9.17, 15) is 4.39 Å². The maximum atomic E-state index is 15.2. The molecule has 0 amide bonds. The summed E-state index contributed by atoms with van der Waals surface area (Å²) in [4.78, 5) is 17.3. The first kappa shape index (κ1) is 24.5. The lowest BCUT2D eigenvalue weighted by Gasteiger charge is -2.34. The lowest BCUT2D eigenvalue weighted by atomic mass is 9.85. The van der Waals surface area contributed by atoms with Gasteiger partial charge in [-0.25, -0.2) is 18.7 Å². The van der Waals surface area contributed by atoms with Crippen LogP contribution in [-0.4, -0.2) is 43.7 Å². The van der Waals surface area contributed by atoms with Crippen LogP contribution in [0.4, 0.5) is 20.3 Å². The number of nitrogens with zero attached hydrogens (tertiary/aromatic N) is 5. The maximum Gasteiger partial charge on any atom is 0.213 e. The Bertz CT molecular complexity index is 1550. The number of nitrogens with one attached hydrogen (secondary N) is 1. The number of methoxy groups -OCH3 is 1. The van der Waals surface area contributed by atoms with Gasteiger partial charge in [-0.2, -0.15) is 4.98 Å². The summed E-state index contributed by atoms with van der Waals surface area (Å²) in [6, 6.07) is 6.20. The fourth-order valence-corrected chi connectivity index (χ4v) is 6.56. The van der Waals surface area contributed by atoms with Crippen molar-refractivity contribution in [2.24, 2.45) is 16.6 Å². The van der Waals surface area contributed by atoms with Gasteiger partial charge in [0.15, 0.2) is 29.2 Å². The van der Waals surface area contributed by atoms with E-state index in [0.29, 0.717) is 40.4 Å². The average molecular weight is 540 g/mol. The van der Waals surface area contributed by atoms with Crippen molar-refractivity contribution in [2.75, 3.05) is 19.0 Å². The number of pyridine rings is 2. The Morgan fingerprint density at radius 2 is 2.11 bits per heavy atom. The number of halogens is 2. The zero-order valence-corrected chi connectivity index (χ0v) is 21.3. The van der Waals surface area contributed by atoms with Crippen LogP contribution in [0.1, 0.15) is 24.7 Å². The Kier molecular flexibility index (Phi) is 5.91. The van der Waals surface area contributed by atoms with Crippen molar-refractivity contribution in [3.05, 3.63) is 66.1 Å². The van der Waals surface area contributed by atoms with Crippen molar-refractivity contribution in [1.29, 1.82) is 0 Å². The summed E-state index contributed by atoms with van der Waals surface area (Å²) in [6.07, 6.45) is 5.08. The summed E-state index contributed by atoms with van der Waals surface area (Å²) >= 11 is 1.44. The van der Waals surface area contributed by atoms with E-state index in [1.165, 1.54) is 24.4 Å². The predicted octanol–water partition coefficient (Wildman–Crippen LogP) is 4.30. The van der Waals surface area contributed by atoms with Crippen LogP contribution in [0.25, 0.3) is 10.9 Å². The molecule has 1 saturated carbocycles. The van der Waals surface area contributed by atoms with E-state index in [0.717, 1.165) is 17.9 Å². The van der Waals surface area contributed by atoms with Crippen molar-refractivity contribution in [1.82, 2.24) is 20.1 Å². The molecule has 3 atom stereocenters. The van der Waals surface area contributed by atoms with Crippen LogP contribution in [-0.2, 0) is 16.9 Å². The highest BCUT2D eigenvalue weighted by molar-refractivity contribution is 8.15. The predicted molar refractivity (Wildman–Crippen MR) is 137 cm³/mol. The van der Waals surface area contributed by atoms with E-state index in [1.54, 1.807) is 38.4 Å². The maximum absolute atomic E-state index is 15.2. The number of hydrogen-bond donors (Lipinski definition) is 2. The van der Waals surface area contributed by atoms with E-state index in [4.69, 9.17) is 19.7 Å². The highest BCUT2D eigenvalue weighted by Gasteiger charge is 2.66. The van der Waals surface area contributed by atoms with Gasteiger partial charge in [0.05, 0.1) is 23.1 Å². The summed E-state index contributed by atoms with van der Waals surface area (Å²) in [5.41, 5.74) is 6.04.